The summed E-state index contributed by atoms with van der Waals surface area (Å²) in [5.74, 6) is 0.704. The largest absolute Gasteiger partial charge is 0.469 e. The van der Waals surface area contributed by atoms with E-state index in [0.717, 1.165) is 16.5 Å². The highest BCUT2D eigenvalue weighted by Gasteiger charge is 2.43. The number of fused-ring (bicyclic) bond motifs is 1. The molecule has 162 valence electrons. The Morgan fingerprint density at radius 1 is 1.09 bits per heavy atom. The van der Waals surface area contributed by atoms with Crippen LogP contribution in [-0.2, 0) is 6.42 Å². The van der Waals surface area contributed by atoms with Gasteiger partial charge in [-0.1, -0.05) is 42.5 Å². The van der Waals surface area contributed by atoms with Crippen molar-refractivity contribution >= 4 is 5.82 Å². The van der Waals surface area contributed by atoms with Crippen molar-refractivity contribution in [2.75, 3.05) is 4.90 Å². The molecule has 2 aromatic rings. The predicted octanol–water partition coefficient (Wildman–Crippen LogP) is 4.67. The van der Waals surface area contributed by atoms with Crippen LogP contribution in [0.2, 0.25) is 0 Å². The molecule has 0 saturated carbocycles. The Morgan fingerprint density at radius 3 is 2.62 bits per heavy atom. The molecular formula is C23H17F3N4O2. The highest BCUT2D eigenvalue weighted by Crippen LogP contribution is 2.35. The molecule has 32 heavy (non-hydrogen) atoms. The fraction of sp³-hybridized carbons (Fsp3) is 0.130. The predicted molar refractivity (Wildman–Crippen MR) is 113 cm³/mol. The Hall–Kier alpha value is -4.01. The molecule has 0 saturated heterocycles. The molecule has 1 unspecified atom stereocenters. The molecular weight excluding hydrogens is 421 g/mol. The number of halogens is 3. The zero-order valence-electron chi connectivity index (χ0n) is 16.6. The lowest BCUT2D eigenvalue weighted by molar-refractivity contribution is -0.137. The van der Waals surface area contributed by atoms with Gasteiger partial charge >= 0.3 is 6.18 Å². The van der Waals surface area contributed by atoms with Gasteiger partial charge in [0.05, 0.1) is 18.4 Å². The number of benzene rings is 1. The highest BCUT2D eigenvalue weighted by atomic mass is 19.4. The van der Waals surface area contributed by atoms with E-state index in [4.69, 9.17) is 4.42 Å². The van der Waals surface area contributed by atoms with E-state index < -0.39 is 17.8 Å². The number of imidazole rings is 1. The average molecular weight is 438 g/mol. The first-order chi connectivity index (χ1) is 15.4. The van der Waals surface area contributed by atoms with Gasteiger partial charge in [-0.15, -0.1) is 0 Å². The number of H-pyrrole nitrogens is 1. The third kappa shape index (κ3) is 3.51. The van der Waals surface area contributed by atoms with Gasteiger partial charge in [0.2, 0.25) is 0 Å². The van der Waals surface area contributed by atoms with Crippen LogP contribution in [0.1, 0.15) is 11.5 Å². The van der Waals surface area contributed by atoms with Crippen LogP contribution >= 0.6 is 0 Å². The second-order valence-corrected chi connectivity index (χ2v) is 7.32. The van der Waals surface area contributed by atoms with E-state index in [1.807, 2.05) is 18.2 Å². The number of hydrogen-bond acceptors (Lipinski definition) is 4. The minimum Gasteiger partial charge on any atom is -0.469 e. The van der Waals surface area contributed by atoms with Crippen molar-refractivity contribution in [3.63, 3.8) is 0 Å². The molecule has 0 spiro atoms. The topological polar surface area (TPSA) is 67.1 Å². The third-order valence-corrected chi connectivity index (χ3v) is 5.21. The maximum Gasteiger partial charge on any atom is 0.412 e. The van der Waals surface area contributed by atoms with Crippen LogP contribution in [0.25, 0.3) is 17.1 Å². The summed E-state index contributed by atoms with van der Waals surface area (Å²) >= 11 is 0. The van der Waals surface area contributed by atoms with E-state index in [0.29, 0.717) is 11.5 Å². The molecule has 6 nitrogen and oxygen atoms in total. The number of aromatic amines is 1. The van der Waals surface area contributed by atoms with Gasteiger partial charge < -0.3 is 14.3 Å². The van der Waals surface area contributed by atoms with E-state index in [2.05, 4.69) is 9.97 Å². The normalized spacial score (nSPS) is 16.2. The van der Waals surface area contributed by atoms with Gasteiger partial charge in [0, 0.05) is 12.4 Å². The number of alkyl halides is 3. The lowest BCUT2D eigenvalue weighted by Crippen LogP contribution is -2.43. The Kier molecular flexibility index (Phi) is 4.73. The van der Waals surface area contributed by atoms with Crippen LogP contribution < -0.4 is 10.5 Å². The van der Waals surface area contributed by atoms with Gasteiger partial charge in [-0.3, -0.25) is 9.36 Å². The molecule has 1 aromatic heterocycles. The van der Waals surface area contributed by atoms with Gasteiger partial charge in [-0.2, -0.15) is 13.2 Å². The second-order valence-electron chi connectivity index (χ2n) is 7.32. The van der Waals surface area contributed by atoms with E-state index in [9.17, 15) is 18.0 Å². The number of furan rings is 1. The molecule has 1 atom stereocenters. The van der Waals surface area contributed by atoms with Crippen molar-refractivity contribution < 1.29 is 17.6 Å². The van der Waals surface area contributed by atoms with Gasteiger partial charge in [-0.05, 0) is 23.8 Å². The van der Waals surface area contributed by atoms with E-state index in [1.54, 1.807) is 30.5 Å². The SMILES string of the molecule is O=c1c(Cc2ccco2)nc2c(N3C=CC=CC3C(F)(F)F)[nH]c(-c3ccccc3)cn1-2. The van der Waals surface area contributed by atoms with Crippen LogP contribution in [0.3, 0.4) is 0 Å². The summed E-state index contributed by atoms with van der Waals surface area (Å²) in [4.78, 5) is 21.6. The standard InChI is InChI=1S/C23H17F3N4O2/c24-23(25,26)19-10-4-5-11-29(19)20-21-27-17(13-16-9-6-12-32-16)22(31)30(21)14-18(28-20)15-7-2-1-3-8-15/h1-12,14,19,28H,13H2. The highest BCUT2D eigenvalue weighted by molar-refractivity contribution is 5.67. The minimum absolute atomic E-state index is 0.0667. The van der Waals surface area contributed by atoms with Gasteiger partial charge in [0.25, 0.3) is 5.56 Å². The fourth-order valence-electron chi connectivity index (χ4n) is 3.71. The van der Waals surface area contributed by atoms with Crippen molar-refractivity contribution in [2.45, 2.75) is 18.6 Å². The number of rotatable bonds is 4. The van der Waals surface area contributed by atoms with Gasteiger partial charge in [0.1, 0.15) is 17.5 Å². The number of nitrogens with zero attached hydrogens (tertiary/aromatic N) is 3. The summed E-state index contributed by atoms with van der Waals surface area (Å²) in [6.07, 6.45) is 3.88. The minimum atomic E-state index is -4.53. The summed E-state index contributed by atoms with van der Waals surface area (Å²) in [6, 6.07) is 10.6. The Labute approximate surface area is 180 Å². The van der Waals surface area contributed by atoms with Crippen LogP contribution in [-0.4, -0.2) is 26.8 Å². The molecule has 3 aliphatic rings. The number of allylic oxidation sites excluding steroid dienone is 2. The summed E-state index contributed by atoms with van der Waals surface area (Å²) in [5, 5.41) is 0. The summed E-state index contributed by atoms with van der Waals surface area (Å²) in [7, 11) is 0. The molecule has 1 aromatic carbocycles. The fourth-order valence-corrected chi connectivity index (χ4v) is 3.71. The zero-order chi connectivity index (χ0) is 22.3. The number of anilines is 1. The molecule has 0 fully saturated rings. The molecule has 0 radical (unpaired) electrons. The van der Waals surface area contributed by atoms with Crippen molar-refractivity contribution in [1.29, 1.82) is 0 Å². The Bertz CT molecular complexity index is 1320. The molecule has 4 heterocycles. The van der Waals surface area contributed by atoms with E-state index in [1.165, 1.54) is 29.2 Å². The van der Waals surface area contributed by atoms with E-state index >= 15 is 0 Å². The second kappa shape index (κ2) is 7.60. The van der Waals surface area contributed by atoms with Gasteiger partial charge in [-0.25, -0.2) is 4.98 Å². The van der Waals surface area contributed by atoms with Crippen molar-refractivity contribution in [3.05, 3.63) is 101 Å². The first-order valence-electron chi connectivity index (χ1n) is 9.84. The third-order valence-electron chi connectivity index (χ3n) is 5.21. The quantitative estimate of drug-likeness (QED) is 0.503. The Balaban J connectivity index is 1.72. The number of hydrogen-bond donors (Lipinski definition) is 1. The van der Waals surface area contributed by atoms with Crippen molar-refractivity contribution in [3.8, 4) is 17.1 Å². The van der Waals surface area contributed by atoms with Crippen molar-refractivity contribution in [1.82, 2.24) is 14.5 Å². The molecule has 5 rings (SSSR count). The Morgan fingerprint density at radius 2 is 1.91 bits per heavy atom. The summed E-state index contributed by atoms with van der Waals surface area (Å²) in [5.41, 5.74) is 0.969. The molecule has 0 bridgehead atoms. The molecule has 9 heteroatoms. The summed E-state index contributed by atoms with van der Waals surface area (Å²) < 4.78 is 48.0. The number of nitrogens with one attached hydrogen (secondary N) is 1. The molecule has 3 aliphatic heterocycles. The van der Waals surface area contributed by atoms with E-state index in [-0.39, 0.29) is 23.8 Å². The van der Waals surface area contributed by atoms with Crippen molar-refractivity contribution in [2.24, 2.45) is 0 Å². The zero-order valence-corrected chi connectivity index (χ0v) is 16.6. The molecule has 1 N–H and O–H groups in total. The number of aromatic nitrogens is 3. The smallest absolute Gasteiger partial charge is 0.412 e. The maximum absolute atomic E-state index is 13.8. The van der Waals surface area contributed by atoms with Gasteiger partial charge in [0.15, 0.2) is 11.6 Å². The van der Waals surface area contributed by atoms with Crippen LogP contribution in [0.4, 0.5) is 19.0 Å². The van der Waals surface area contributed by atoms with Crippen LogP contribution in [0.15, 0.2) is 88.6 Å². The first kappa shape index (κ1) is 19.9. The first-order valence-corrected chi connectivity index (χ1v) is 9.84. The molecule has 0 amide bonds. The molecule has 0 aliphatic carbocycles. The lowest BCUT2D eigenvalue weighted by atomic mass is 10.1. The summed E-state index contributed by atoms with van der Waals surface area (Å²) in [6.45, 7) is 0. The monoisotopic (exact) mass is 438 g/mol. The van der Waals surface area contributed by atoms with Crippen LogP contribution in [0.5, 0.6) is 0 Å². The lowest BCUT2D eigenvalue weighted by Gasteiger charge is -2.32. The average Bonchev–Trinajstić information content (AvgIpc) is 3.42. The van der Waals surface area contributed by atoms with Crippen LogP contribution in [0, 0.1) is 0 Å². The maximum atomic E-state index is 13.8.